The molecule has 1 aromatic carbocycles. The van der Waals surface area contributed by atoms with Crippen LogP contribution in [0, 0.1) is 16.0 Å². The molecule has 1 aliphatic rings. The number of amides is 1. The smallest absolute Gasteiger partial charge is 0.337 e. The molecule has 0 aromatic heterocycles. The standard InChI is InChI=1S/C12H12N2O5/c15-11(7-2-1-3-7)13-10-6-8(14(18)19)4-5-9(10)12(16)17/h4-7H,1-3H2,(H,13,15)(H,16,17). The molecule has 1 saturated carbocycles. The van der Waals surface area contributed by atoms with Gasteiger partial charge in [-0.05, 0) is 18.9 Å². The van der Waals surface area contributed by atoms with Gasteiger partial charge in [-0.2, -0.15) is 0 Å². The Bertz CT molecular complexity index is 551. The predicted octanol–water partition coefficient (Wildman–Crippen LogP) is 2.03. The third-order valence-electron chi connectivity index (χ3n) is 3.18. The Morgan fingerprint density at radius 2 is 2.05 bits per heavy atom. The van der Waals surface area contributed by atoms with Crippen LogP contribution in [0.25, 0.3) is 0 Å². The van der Waals surface area contributed by atoms with Gasteiger partial charge in [-0.25, -0.2) is 4.79 Å². The van der Waals surface area contributed by atoms with E-state index in [0.29, 0.717) is 0 Å². The molecule has 0 unspecified atom stereocenters. The van der Waals surface area contributed by atoms with Crippen molar-refractivity contribution in [3.8, 4) is 0 Å². The normalized spacial score (nSPS) is 14.5. The Kier molecular flexibility index (Phi) is 3.46. The van der Waals surface area contributed by atoms with Crippen LogP contribution in [0.2, 0.25) is 0 Å². The average Bonchev–Trinajstić information content (AvgIpc) is 2.25. The van der Waals surface area contributed by atoms with E-state index in [1.807, 2.05) is 0 Å². The lowest BCUT2D eigenvalue weighted by molar-refractivity contribution is -0.384. The van der Waals surface area contributed by atoms with Gasteiger partial charge in [0.2, 0.25) is 5.91 Å². The van der Waals surface area contributed by atoms with E-state index in [1.54, 1.807) is 0 Å². The fraction of sp³-hybridized carbons (Fsp3) is 0.333. The fourth-order valence-electron chi connectivity index (χ4n) is 1.84. The highest BCUT2D eigenvalue weighted by atomic mass is 16.6. The summed E-state index contributed by atoms with van der Waals surface area (Å²) in [7, 11) is 0. The number of aromatic carboxylic acids is 1. The highest BCUT2D eigenvalue weighted by Gasteiger charge is 2.26. The van der Waals surface area contributed by atoms with Crippen LogP contribution in [0.1, 0.15) is 29.6 Å². The minimum atomic E-state index is -1.24. The minimum absolute atomic E-state index is 0.0291. The third kappa shape index (κ3) is 2.70. The molecule has 1 amide bonds. The van der Waals surface area contributed by atoms with Crippen LogP contribution in [0.4, 0.5) is 11.4 Å². The van der Waals surface area contributed by atoms with Crippen molar-refractivity contribution in [1.82, 2.24) is 0 Å². The van der Waals surface area contributed by atoms with Gasteiger partial charge in [0.05, 0.1) is 16.2 Å². The van der Waals surface area contributed by atoms with Crippen LogP contribution in [0.15, 0.2) is 18.2 Å². The van der Waals surface area contributed by atoms with E-state index in [2.05, 4.69) is 5.32 Å². The second kappa shape index (κ2) is 5.05. The van der Waals surface area contributed by atoms with Crippen LogP contribution in [0.5, 0.6) is 0 Å². The highest BCUT2D eigenvalue weighted by molar-refractivity contribution is 6.01. The first-order valence-electron chi connectivity index (χ1n) is 5.81. The molecule has 7 nitrogen and oxygen atoms in total. The summed E-state index contributed by atoms with van der Waals surface area (Å²) in [6.07, 6.45) is 2.51. The first kappa shape index (κ1) is 13.0. The number of carboxylic acid groups (broad SMARTS) is 1. The number of nitro groups is 1. The zero-order valence-corrected chi connectivity index (χ0v) is 9.96. The Morgan fingerprint density at radius 3 is 2.53 bits per heavy atom. The van der Waals surface area contributed by atoms with E-state index in [0.717, 1.165) is 37.5 Å². The van der Waals surface area contributed by atoms with Gasteiger partial charge < -0.3 is 10.4 Å². The summed E-state index contributed by atoms with van der Waals surface area (Å²) in [5, 5.41) is 22.1. The lowest BCUT2D eigenvalue weighted by atomic mass is 9.85. The molecule has 2 rings (SSSR count). The summed E-state index contributed by atoms with van der Waals surface area (Å²) in [4.78, 5) is 32.8. The van der Waals surface area contributed by atoms with Gasteiger partial charge in [0, 0.05) is 18.1 Å². The molecule has 1 fully saturated rings. The molecule has 7 heteroatoms. The summed E-state index contributed by atoms with van der Waals surface area (Å²) in [6, 6.07) is 3.29. The second-order valence-corrected chi connectivity index (χ2v) is 4.41. The lowest BCUT2D eigenvalue weighted by Crippen LogP contribution is -2.28. The molecule has 100 valence electrons. The van der Waals surface area contributed by atoms with Crippen molar-refractivity contribution < 1.29 is 19.6 Å². The first-order valence-corrected chi connectivity index (χ1v) is 5.81. The maximum absolute atomic E-state index is 11.8. The van der Waals surface area contributed by atoms with Gasteiger partial charge in [0.25, 0.3) is 5.69 Å². The van der Waals surface area contributed by atoms with Gasteiger partial charge in [-0.1, -0.05) is 6.42 Å². The number of non-ortho nitro benzene ring substituents is 1. The molecule has 0 atom stereocenters. The molecule has 1 aromatic rings. The van der Waals surface area contributed by atoms with Gasteiger partial charge in [-0.15, -0.1) is 0 Å². The number of hydrogen-bond acceptors (Lipinski definition) is 4. The summed E-state index contributed by atoms with van der Waals surface area (Å²) in [5.74, 6) is -1.64. The van der Waals surface area contributed by atoms with Gasteiger partial charge in [0.1, 0.15) is 0 Å². The monoisotopic (exact) mass is 264 g/mol. The van der Waals surface area contributed by atoms with Gasteiger partial charge in [-0.3, -0.25) is 14.9 Å². The third-order valence-corrected chi connectivity index (χ3v) is 3.18. The number of carboxylic acids is 1. The Balaban J connectivity index is 2.28. The van der Waals surface area contributed by atoms with Crippen LogP contribution >= 0.6 is 0 Å². The highest BCUT2D eigenvalue weighted by Crippen LogP contribution is 2.29. The SMILES string of the molecule is O=C(O)c1ccc([N+](=O)[O-])cc1NC(=O)C1CCC1. The van der Waals surface area contributed by atoms with E-state index in [9.17, 15) is 19.7 Å². The maximum atomic E-state index is 11.8. The van der Waals surface area contributed by atoms with E-state index in [-0.39, 0.29) is 28.8 Å². The number of carbonyl (C=O) groups excluding carboxylic acids is 1. The minimum Gasteiger partial charge on any atom is -0.478 e. The number of anilines is 1. The molecule has 0 radical (unpaired) electrons. The Hall–Kier alpha value is -2.44. The topological polar surface area (TPSA) is 110 Å². The predicted molar refractivity (Wildman–Crippen MR) is 66.0 cm³/mol. The number of benzene rings is 1. The van der Waals surface area contributed by atoms with Crippen molar-refractivity contribution in [3.63, 3.8) is 0 Å². The fourth-order valence-corrected chi connectivity index (χ4v) is 1.84. The summed E-state index contributed by atoms with van der Waals surface area (Å²) in [6.45, 7) is 0. The van der Waals surface area contributed by atoms with Crippen LogP contribution < -0.4 is 5.32 Å². The largest absolute Gasteiger partial charge is 0.478 e. The maximum Gasteiger partial charge on any atom is 0.337 e. The summed E-state index contributed by atoms with van der Waals surface area (Å²) < 4.78 is 0. The van der Waals surface area contributed by atoms with Crippen LogP contribution in [0.3, 0.4) is 0 Å². The van der Waals surface area contributed by atoms with Crippen LogP contribution in [-0.2, 0) is 4.79 Å². The van der Waals surface area contributed by atoms with Crippen molar-refractivity contribution in [2.45, 2.75) is 19.3 Å². The first-order chi connectivity index (χ1) is 8.99. The quantitative estimate of drug-likeness (QED) is 0.638. The molecule has 1 aliphatic carbocycles. The molecule has 19 heavy (non-hydrogen) atoms. The van der Waals surface area contributed by atoms with E-state index >= 15 is 0 Å². The molecular formula is C12H12N2O5. The average molecular weight is 264 g/mol. The van der Waals surface area contributed by atoms with Crippen molar-refractivity contribution in [1.29, 1.82) is 0 Å². The number of carbonyl (C=O) groups is 2. The molecule has 0 bridgehead atoms. The summed E-state index contributed by atoms with van der Waals surface area (Å²) >= 11 is 0. The van der Waals surface area contributed by atoms with E-state index in [4.69, 9.17) is 5.11 Å². The molecule has 0 saturated heterocycles. The number of rotatable bonds is 4. The van der Waals surface area contributed by atoms with Gasteiger partial charge >= 0.3 is 5.97 Å². The molecule has 0 aliphatic heterocycles. The van der Waals surface area contributed by atoms with Crippen molar-refractivity contribution in [2.75, 3.05) is 5.32 Å². The molecule has 0 heterocycles. The van der Waals surface area contributed by atoms with Gasteiger partial charge in [0.15, 0.2) is 0 Å². The number of hydrogen-bond donors (Lipinski definition) is 2. The summed E-state index contributed by atoms with van der Waals surface area (Å²) in [5.41, 5.74) is -0.439. The van der Waals surface area contributed by atoms with E-state index in [1.165, 1.54) is 0 Å². The van der Waals surface area contributed by atoms with Crippen molar-refractivity contribution in [3.05, 3.63) is 33.9 Å². The molecule has 2 N–H and O–H groups in total. The number of nitro benzene ring substituents is 1. The molecule has 0 spiro atoms. The second-order valence-electron chi connectivity index (χ2n) is 4.41. The zero-order chi connectivity index (χ0) is 14.0. The van der Waals surface area contributed by atoms with Crippen molar-refractivity contribution in [2.24, 2.45) is 5.92 Å². The molecular weight excluding hydrogens is 252 g/mol. The van der Waals surface area contributed by atoms with Crippen molar-refractivity contribution >= 4 is 23.3 Å². The van der Waals surface area contributed by atoms with E-state index < -0.39 is 10.9 Å². The number of nitrogens with one attached hydrogen (secondary N) is 1. The van der Waals surface area contributed by atoms with Crippen LogP contribution in [-0.4, -0.2) is 21.9 Å². The Labute approximate surface area is 108 Å². The zero-order valence-electron chi connectivity index (χ0n) is 9.96. The Morgan fingerprint density at radius 1 is 1.37 bits per heavy atom. The lowest BCUT2D eigenvalue weighted by Gasteiger charge is -2.24. The number of nitrogens with zero attached hydrogens (tertiary/aromatic N) is 1.